The predicted molar refractivity (Wildman–Crippen MR) is 33.4 cm³/mol. The van der Waals surface area contributed by atoms with Crippen LogP contribution >= 0.6 is 0 Å². The third-order valence-electron chi connectivity index (χ3n) is 0.401. The molecule has 0 atom stereocenters. The molecule has 0 amide bonds. The summed E-state index contributed by atoms with van der Waals surface area (Å²) < 4.78 is 0. The van der Waals surface area contributed by atoms with E-state index in [1.54, 1.807) is 13.0 Å². The Morgan fingerprint density at radius 2 is 2.62 bits per heavy atom. The van der Waals surface area contributed by atoms with E-state index in [1.165, 1.54) is 0 Å². The summed E-state index contributed by atoms with van der Waals surface area (Å²) in [5.74, 6) is 0.423. The summed E-state index contributed by atoms with van der Waals surface area (Å²) in [7, 11) is 0. The molecule has 3 nitrogen and oxygen atoms in total. The molecule has 3 heteroatoms. The van der Waals surface area contributed by atoms with Crippen molar-refractivity contribution in [2.45, 2.75) is 6.92 Å². The van der Waals surface area contributed by atoms with E-state index in [9.17, 15) is 0 Å². The molecule has 46 valence electrons. The van der Waals surface area contributed by atoms with E-state index in [-0.39, 0.29) is 0 Å². The van der Waals surface area contributed by atoms with Crippen LogP contribution in [0.25, 0.3) is 0 Å². The molecule has 2 N–H and O–H groups in total. The second-order valence-electron chi connectivity index (χ2n) is 1.32. The quantitative estimate of drug-likeness (QED) is 0.191. The summed E-state index contributed by atoms with van der Waals surface area (Å²) >= 11 is 0. The molecular weight excluding hydrogens is 104 g/mol. The van der Waals surface area contributed by atoms with Crippen molar-refractivity contribution in [2.24, 2.45) is 10.9 Å². The average Bonchev–Trinajstić information content (AvgIpc) is 1.66. The van der Waals surface area contributed by atoms with Crippen LogP contribution in [-0.4, -0.2) is 12.4 Å². The molecule has 8 heavy (non-hydrogen) atoms. The second kappa shape index (κ2) is 4.18. The highest BCUT2D eigenvalue weighted by Crippen LogP contribution is 1.74. The van der Waals surface area contributed by atoms with Gasteiger partial charge in [-0.3, -0.25) is 0 Å². The Hall–Kier alpha value is -0.990. The van der Waals surface area contributed by atoms with Crippen molar-refractivity contribution in [3.8, 4) is 0 Å². The first-order valence-corrected chi connectivity index (χ1v) is 2.30. The predicted octanol–water partition coefficient (Wildman–Crippen LogP) is 0.481. The molecule has 0 fully saturated rings. The van der Waals surface area contributed by atoms with Crippen molar-refractivity contribution in [1.82, 2.24) is 0 Å². The summed E-state index contributed by atoms with van der Waals surface area (Å²) in [6.07, 6.45) is 1.60. The van der Waals surface area contributed by atoms with Gasteiger partial charge in [0.1, 0.15) is 12.4 Å². The van der Waals surface area contributed by atoms with Crippen LogP contribution in [0.1, 0.15) is 6.92 Å². The average molecular weight is 114 g/mol. The van der Waals surface area contributed by atoms with Gasteiger partial charge >= 0.3 is 0 Å². The van der Waals surface area contributed by atoms with Gasteiger partial charge in [-0.2, -0.15) is 0 Å². The van der Waals surface area contributed by atoms with E-state index in [4.69, 9.17) is 5.73 Å². The molecule has 0 saturated carbocycles. The smallest absolute Gasteiger partial charge is 0.136 e. The lowest BCUT2D eigenvalue weighted by atomic mass is 10.7. The summed E-state index contributed by atoms with van der Waals surface area (Å²) in [5, 5.41) is 3.44. The van der Waals surface area contributed by atoms with Crippen LogP contribution in [0.2, 0.25) is 0 Å². The van der Waals surface area contributed by atoms with Gasteiger partial charge in [-0.25, -0.2) is 0 Å². The van der Waals surface area contributed by atoms with Crippen molar-refractivity contribution in [3.05, 3.63) is 12.7 Å². The Morgan fingerprint density at radius 3 is 3.00 bits per heavy atom. The van der Waals surface area contributed by atoms with E-state index < -0.39 is 0 Å². The van der Waals surface area contributed by atoms with Gasteiger partial charge in [0, 0.05) is 0 Å². The summed E-state index contributed by atoms with van der Waals surface area (Å²) in [6, 6.07) is 0. The lowest BCUT2D eigenvalue weighted by Gasteiger charge is -1.90. The fourth-order valence-electron chi connectivity index (χ4n) is 0.192. The van der Waals surface area contributed by atoms with E-state index in [0.29, 0.717) is 12.4 Å². The minimum atomic E-state index is 0.411. The van der Waals surface area contributed by atoms with Gasteiger partial charge in [0.15, 0.2) is 0 Å². The maximum atomic E-state index is 5.12. The Labute approximate surface area is 48.8 Å². The monoisotopic (exact) mass is 114 g/mol. The van der Waals surface area contributed by atoms with Crippen molar-refractivity contribution in [1.29, 1.82) is 0 Å². The molecule has 0 spiro atoms. The maximum absolute atomic E-state index is 5.12. The number of oxime groups is 1. The fourth-order valence-corrected chi connectivity index (χ4v) is 0.192. The lowest BCUT2D eigenvalue weighted by molar-refractivity contribution is 0.174. The number of nitrogens with two attached hydrogens (primary N) is 1. The SMILES string of the molecule is C=CCON=C(C)N. The van der Waals surface area contributed by atoms with Crippen molar-refractivity contribution < 1.29 is 4.84 Å². The first-order valence-electron chi connectivity index (χ1n) is 2.30. The second-order valence-corrected chi connectivity index (χ2v) is 1.32. The van der Waals surface area contributed by atoms with E-state index in [1.807, 2.05) is 0 Å². The molecule has 0 saturated heterocycles. The number of nitrogens with zero attached hydrogens (tertiary/aromatic N) is 1. The van der Waals surface area contributed by atoms with E-state index in [0.717, 1.165) is 0 Å². The zero-order valence-electron chi connectivity index (χ0n) is 4.92. The Balaban J connectivity index is 3.15. The molecule has 0 rings (SSSR count). The molecule has 0 unspecified atom stereocenters. The molecule has 0 aliphatic heterocycles. The number of amidine groups is 1. The number of hydrogen-bond acceptors (Lipinski definition) is 2. The van der Waals surface area contributed by atoms with Crippen molar-refractivity contribution in [3.63, 3.8) is 0 Å². The van der Waals surface area contributed by atoms with Crippen LogP contribution in [0.5, 0.6) is 0 Å². The van der Waals surface area contributed by atoms with Crippen LogP contribution in [0.4, 0.5) is 0 Å². The lowest BCUT2D eigenvalue weighted by Crippen LogP contribution is -2.05. The highest BCUT2D eigenvalue weighted by molar-refractivity contribution is 5.76. The number of hydrogen-bond donors (Lipinski definition) is 1. The minimum absolute atomic E-state index is 0.411. The molecular formula is C5H10N2O. The molecule has 0 aromatic heterocycles. The van der Waals surface area contributed by atoms with Crippen LogP contribution < -0.4 is 5.73 Å². The third kappa shape index (κ3) is 5.01. The summed E-state index contributed by atoms with van der Waals surface area (Å²) in [6.45, 7) is 5.49. The largest absolute Gasteiger partial charge is 0.390 e. The molecule has 0 aromatic carbocycles. The molecule has 0 aliphatic rings. The van der Waals surface area contributed by atoms with Gasteiger partial charge in [-0.05, 0) is 6.92 Å². The van der Waals surface area contributed by atoms with Crippen LogP contribution in [0.15, 0.2) is 17.8 Å². The standard InChI is InChI=1S/C5H10N2O/c1-3-4-8-7-5(2)6/h3H,1,4H2,2H3,(H2,6,7). The highest BCUT2D eigenvalue weighted by atomic mass is 16.6. The zero-order chi connectivity index (χ0) is 6.41. The normalized spacial score (nSPS) is 10.9. The topological polar surface area (TPSA) is 47.6 Å². The molecule has 0 heterocycles. The minimum Gasteiger partial charge on any atom is -0.390 e. The molecule has 0 bridgehead atoms. The Morgan fingerprint density at radius 1 is 2.00 bits per heavy atom. The molecule has 0 aliphatic carbocycles. The third-order valence-corrected chi connectivity index (χ3v) is 0.401. The van der Waals surface area contributed by atoms with E-state index >= 15 is 0 Å². The van der Waals surface area contributed by atoms with Crippen molar-refractivity contribution in [2.75, 3.05) is 6.61 Å². The van der Waals surface area contributed by atoms with Gasteiger partial charge in [-0.15, -0.1) is 0 Å². The van der Waals surface area contributed by atoms with Crippen LogP contribution in [0.3, 0.4) is 0 Å². The zero-order valence-corrected chi connectivity index (χ0v) is 4.92. The summed E-state index contributed by atoms with van der Waals surface area (Å²) in [4.78, 5) is 4.59. The maximum Gasteiger partial charge on any atom is 0.136 e. The van der Waals surface area contributed by atoms with Gasteiger partial charge < -0.3 is 10.6 Å². The first-order chi connectivity index (χ1) is 3.77. The van der Waals surface area contributed by atoms with Gasteiger partial charge in [0.05, 0.1) is 0 Å². The van der Waals surface area contributed by atoms with Gasteiger partial charge in [0.2, 0.25) is 0 Å². The molecule has 0 radical (unpaired) electrons. The molecule has 0 aromatic rings. The van der Waals surface area contributed by atoms with Crippen LogP contribution in [-0.2, 0) is 4.84 Å². The Bertz CT molecular complexity index is 94.6. The fraction of sp³-hybridized carbons (Fsp3) is 0.400. The Kier molecular flexibility index (Phi) is 3.66. The first kappa shape index (κ1) is 7.01. The number of rotatable bonds is 3. The van der Waals surface area contributed by atoms with Crippen LogP contribution in [0, 0.1) is 0 Å². The van der Waals surface area contributed by atoms with Gasteiger partial charge in [-0.1, -0.05) is 17.8 Å². The van der Waals surface area contributed by atoms with Gasteiger partial charge in [0.25, 0.3) is 0 Å². The van der Waals surface area contributed by atoms with Crippen molar-refractivity contribution >= 4 is 5.84 Å². The van der Waals surface area contributed by atoms with E-state index in [2.05, 4.69) is 16.6 Å². The highest BCUT2D eigenvalue weighted by Gasteiger charge is 1.75. The summed E-state index contributed by atoms with van der Waals surface area (Å²) in [5.41, 5.74) is 5.12.